The molecule has 5 nitrogen and oxygen atoms in total. The summed E-state index contributed by atoms with van der Waals surface area (Å²) in [6, 6.07) is 4.99. The van der Waals surface area contributed by atoms with E-state index in [1.807, 2.05) is 19.0 Å². The van der Waals surface area contributed by atoms with Gasteiger partial charge in [0.2, 0.25) is 0 Å². The van der Waals surface area contributed by atoms with Crippen molar-refractivity contribution in [1.29, 1.82) is 0 Å². The summed E-state index contributed by atoms with van der Waals surface area (Å²) in [6.07, 6.45) is -4.59. The molecule has 0 aliphatic heterocycles. The molecular weight excluding hydrogens is 293 g/mol. The Morgan fingerprint density at radius 2 is 2.00 bits per heavy atom. The summed E-state index contributed by atoms with van der Waals surface area (Å²) >= 11 is 0.522. The van der Waals surface area contributed by atoms with Crippen LogP contribution in [-0.2, 0) is 6.18 Å². The molecule has 0 bridgehead atoms. The highest BCUT2D eigenvalue weighted by Crippen LogP contribution is 2.34. The average molecular weight is 304 g/mol. The molecule has 0 fully saturated rings. The van der Waals surface area contributed by atoms with Gasteiger partial charge in [-0.2, -0.15) is 22.5 Å². The maximum atomic E-state index is 12.4. The maximum absolute atomic E-state index is 12.4. The number of benzene rings is 1. The highest BCUT2D eigenvalue weighted by molar-refractivity contribution is 7.07. The Labute approximate surface area is 117 Å². The van der Waals surface area contributed by atoms with Gasteiger partial charge in [0.05, 0.1) is 5.69 Å². The molecule has 0 radical (unpaired) electrons. The van der Waals surface area contributed by atoms with Gasteiger partial charge in [0.25, 0.3) is 11.0 Å². The van der Waals surface area contributed by atoms with Crippen LogP contribution in [0.1, 0.15) is 5.82 Å². The number of alkyl halides is 3. The molecule has 2 rings (SSSR count). The first-order valence-corrected chi connectivity index (χ1v) is 6.20. The van der Waals surface area contributed by atoms with E-state index < -0.39 is 12.0 Å². The largest absolute Gasteiger partial charge is 0.452 e. The summed E-state index contributed by atoms with van der Waals surface area (Å²) in [5, 5.41) is -0.208. The maximum Gasteiger partial charge on any atom is 0.452 e. The lowest BCUT2D eigenvalue weighted by Gasteiger charge is -2.14. The van der Waals surface area contributed by atoms with Crippen LogP contribution in [0, 0.1) is 0 Å². The van der Waals surface area contributed by atoms with E-state index in [4.69, 9.17) is 10.5 Å². The second-order valence-electron chi connectivity index (χ2n) is 4.10. The Morgan fingerprint density at radius 1 is 1.30 bits per heavy atom. The summed E-state index contributed by atoms with van der Waals surface area (Å²) in [7, 11) is 3.64. The lowest BCUT2D eigenvalue weighted by molar-refractivity contribution is -0.144. The number of ether oxygens (including phenoxy) is 1. The van der Waals surface area contributed by atoms with E-state index in [9.17, 15) is 13.2 Å². The van der Waals surface area contributed by atoms with Crippen LogP contribution in [0.25, 0.3) is 0 Å². The number of nitrogens with two attached hydrogens (primary N) is 1. The molecule has 108 valence electrons. The minimum Gasteiger partial charge on any atom is -0.428 e. The fraction of sp³-hybridized carbons (Fsp3) is 0.273. The van der Waals surface area contributed by atoms with Gasteiger partial charge in [-0.3, -0.25) is 0 Å². The first kappa shape index (κ1) is 14.4. The fourth-order valence-corrected chi connectivity index (χ4v) is 1.91. The van der Waals surface area contributed by atoms with Crippen molar-refractivity contribution in [2.45, 2.75) is 6.18 Å². The number of anilines is 2. The molecule has 0 saturated heterocycles. The first-order valence-electron chi connectivity index (χ1n) is 5.43. The third-order valence-corrected chi connectivity index (χ3v) is 2.97. The van der Waals surface area contributed by atoms with Gasteiger partial charge >= 0.3 is 6.18 Å². The van der Waals surface area contributed by atoms with Gasteiger partial charge in [-0.15, -0.1) is 0 Å². The van der Waals surface area contributed by atoms with Crippen molar-refractivity contribution < 1.29 is 17.9 Å². The van der Waals surface area contributed by atoms with Gasteiger partial charge in [-0.05, 0) is 12.1 Å². The molecule has 1 aromatic carbocycles. The van der Waals surface area contributed by atoms with Crippen molar-refractivity contribution in [2.24, 2.45) is 0 Å². The van der Waals surface area contributed by atoms with E-state index in [1.165, 1.54) is 0 Å². The molecule has 2 N–H and O–H groups in total. The number of halogens is 3. The van der Waals surface area contributed by atoms with Crippen molar-refractivity contribution in [1.82, 2.24) is 9.36 Å². The van der Waals surface area contributed by atoms with Gasteiger partial charge in [-0.25, -0.2) is 0 Å². The van der Waals surface area contributed by atoms with Gasteiger partial charge in [0.1, 0.15) is 0 Å². The molecule has 0 aliphatic carbocycles. The third-order valence-electron chi connectivity index (χ3n) is 2.37. The normalized spacial score (nSPS) is 11.4. The number of nitrogen functional groups attached to an aromatic ring is 1. The van der Waals surface area contributed by atoms with Crippen LogP contribution in [0.3, 0.4) is 0 Å². The van der Waals surface area contributed by atoms with Crippen LogP contribution in [0.2, 0.25) is 0 Å². The van der Waals surface area contributed by atoms with Gasteiger partial charge in [0.15, 0.2) is 5.75 Å². The van der Waals surface area contributed by atoms with Crippen LogP contribution in [0.15, 0.2) is 18.2 Å². The number of hydrogen-bond acceptors (Lipinski definition) is 6. The minimum atomic E-state index is -4.59. The number of aromatic nitrogens is 2. The third kappa shape index (κ3) is 3.10. The van der Waals surface area contributed by atoms with Crippen LogP contribution < -0.4 is 15.4 Å². The molecule has 0 amide bonds. The smallest absolute Gasteiger partial charge is 0.428 e. The predicted octanol–water partition coefficient (Wildman–Crippen LogP) is 3.00. The Kier molecular flexibility index (Phi) is 3.71. The highest BCUT2D eigenvalue weighted by Gasteiger charge is 2.36. The molecule has 0 saturated carbocycles. The van der Waals surface area contributed by atoms with E-state index in [1.54, 1.807) is 18.2 Å². The van der Waals surface area contributed by atoms with Gasteiger partial charge < -0.3 is 15.4 Å². The lowest BCUT2D eigenvalue weighted by Crippen LogP contribution is -2.09. The molecule has 0 aliphatic rings. The summed E-state index contributed by atoms with van der Waals surface area (Å²) in [4.78, 5) is 5.10. The predicted molar refractivity (Wildman–Crippen MR) is 70.2 cm³/mol. The van der Waals surface area contributed by atoms with E-state index in [2.05, 4.69) is 9.36 Å². The van der Waals surface area contributed by atoms with Crippen molar-refractivity contribution in [3.63, 3.8) is 0 Å². The Balaban J connectivity index is 2.26. The van der Waals surface area contributed by atoms with Crippen molar-refractivity contribution in [2.75, 3.05) is 24.7 Å². The second-order valence-corrected chi connectivity index (χ2v) is 4.81. The van der Waals surface area contributed by atoms with Crippen LogP contribution >= 0.6 is 11.5 Å². The van der Waals surface area contributed by atoms with E-state index in [0.29, 0.717) is 17.2 Å². The van der Waals surface area contributed by atoms with Gasteiger partial charge in [-0.1, -0.05) is 0 Å². The molecule has 1 heterocycles. The first-order chi connectivity index (χ1) is 9.27. The Hall–Kier alpha value is -2.03. The standard InChI is InChI=1S/C11H11F3N4OS/c1-18(2)6-3-4-7(15)8(5-6)19-10-16-9(17-20-10)11(12,13)14/h3-5H,15H2,1-2H3. The van der Waals surface area contributed by atoms with Crippen molar-refractivity contribution >= 4 is 22.9 Å². The van der Waals surface area contributed by atoms with Crippen molar-refractivity contribution in [3.05, 3.63) is 24.0 Å². The fourth-order valence-electron chi connectivity index (χ4n) is 1.35. The van der Waals surface area contributed by atoms with E-state index in [0.717, 1.165) is 5.69 Å². The summed E-state index contributed by atoms with van der Waals surface area (Å²) in [5.74, 6) is -0.985. The zero-order valence-corrected chi connectivity index (χ0v) is 11.4. The molecule has 0 atom stereocenters. The number of nitrogens with zero attached hydrogens (tertiary/aromatic N) is 3. The van der Waals surface area contributed by atoms with Crippen LogP contribution in [-0.4, -0.2) is 23.5 Å². The zero-order valence-electron chi connectivity index (χ0n) is 10.6. The molecular formula is C11H11F3N4OS. The average Bonchev–Trinajstić information content (AvgIpc) is 2.80. The zero-order chi connectivity index (χ0) is 14.9. The quantitative estimate of drug-likeness (QED) is 0.883. The number of rotatable bonds is 3. The van der Waals surface area contributed by atoms with E-state index in [-0.39, 0.29) is 10.9 Å². The Morgan fingerprint density at radius 3 is 2.55 bits per heavy atom. The lowest BCUT2D eigenvalue weighted by atomic mass is 10.2. The molecule has 2 aromatic rings. The van der Waals surface area contributed by atoms with Gasteiger partial charge in [0, 0.05) is 37.4 Å². The molecule has 20 heavy (non-hydrogen) atoms. The molecule has 0 spiro atoms. The molecule has 1 aromatic heterocycles. The Bertz CT molecular complexity index is 612. The summed E-state index contributed by atoms with van der Waals surface area (Å²) in [6.45, 7) is 0. The van der Waals surface area contributed by atoms with Crippen molar-refractivity contribution in [3.8, 4) is 10.9 Å². The van der Waals surface area contributed by atoms with E-state index >= 15 is 0 Å². The molecule has 0 unspecified atom stereocenters. The van der Waals surface area contributed by atoms with Crippen LogP contribution in [0.5, 0.6) is 10.9 Å². The second kappa shape index (κ2) is 5.16. The summed E-state index contributed by atoms with van der Waals surface area (Å²) < 4.78 is 45.6. The molecule has 9 heteroatoms. The minimum absolute atomic E-state index is 0.208. The summed E-state index contributed by atoms with van der Waals surface area (Å²) in [5.41, 5.74) is 6.83. The monoisotopic (exact) mass is 304 g/mol. The SMILES string of the molecule is CN(C)c1ccc(N)c(Oc2nc(C(F)(F)F)ns2)c1. The number of hydrogen-bond donors (Lipinski definition) is 1. The highest BCUT2D eigenvalue weighted by atomic mass is 32.1. The van der Waals surface area contributed by atoms with Crippen LogP contribution in [0.4, 0.5) is 24.5 Å². The topological polar surface area (TPSA) is 64.3 Å².